The molecule has 0 heterocycles. The number of methoxy groups -OCH3 is 10. The number of alkyl halides is 4. The summed E-state index contributed by atoms with van der Waals surface area (Å²) in [4.78, 5) is 0. The molecule has 0 aliphatic rings. The van der Waals surface area contributed by atoms with Gasteiger partial charge in [-0.1, -0.05) is 161 Å². The molecule has 0 saturated heterocycles. The van der Waals surface area contributed by atoms with Crippen molar-refractivity contribution in [2.45, 2.75) is 141 Å². The maximum atomic E-state index is 11.2. The highest BCUT2D eigenvalue weighted by molar-refractivity contribution is 5.71. The summed E-state index contributed by atoms with van der Waals surface area (Å²) in [5.74, 6) is 9.06. The standard InChI is InChI=1S/C18H22O2.C16H18O2.C14H14O2.C9H12O.C8H10O2.C8H10O.C8H10.C4H3F5.CH3F.7CH4/c1-11-7-15(8-12(2)17(11)19-5)16-9-13(3)18(20-6)14(4)10-16;1-11-9-13(5-7-15(11)17-3)14-6-8-16(18-4)12(2)10-14;1-15-13-7-3-11(4-8-13)12-5-9-14(16-2)10-6-12;1-3-8-4-6-9(10-2)7-5-8;1-9-7-3-5-8(10-2)6-4-7;1-7-3-5-8(9-2)6-4-7;1-7-3-5-8(2)6-4-7;1-2(3(5)6)4(7,8)9;1-2;;;;;;;/h7-10H,1-6H3;5-10H,1-4H3;3-10H,1-2H3;4-7H,3H2,1-2H3;3-6H,1-2H3;3-6H,1-2H3;3-6H,1-2H3;1H3;1H3;7*1H4. The topological polar surface area (TPSA) is 92.3 Å². The average molecular weight is 1520 g/mol. The molecular weight excluding hydrogens is 1390 g/mol. The van der Waals surface area contributed by atoms with Crippen LogP contribution in [0.15, 0.2) is 218 Å². The number of allylic oxidation sites excluding steroid dienone is 1. The molecule has 109 heavy (non-hydrogen) atoms. The SMILES string of the molecule is C.C.C.C.C.C.C.CC(=C(F)F)C(F)(F)F.CCc1ccc(OC)cc1.CF.COc1c(C)cc(-c2cc(C)c(OC)c(C)c2)cc1C.COc1ccc(-c2ccc(OC)c(C)c2)cc1C.COc1ccc(-c2ccc(OC)cc2)cc1.COc1ccc(C)cc1.COc1ccc(OC)cc1.Cc1ccc(C)cc1. The molecule has 10 nitrogen and oxygen atoms in total. The van der Waals surface area contributed by atoms with Crippen LogP contribution in [0.5, 0.6) is 57.5 Å². The summed E-state index contributed by atoms with van der Waals surface area (Å²) in [7, 11) is 17.3. The molecule has 0 N–H and O–H groups in total. The first-order valence-electron chi connectivity index (χ1n) is 32.5. The number of hydrogen-bond acceptors (Lipinski definition) is 10. The largest absolute Gasteiger partial charge is 0.497 e. The van der Waals surface area contributed by atoms with E-state index in [2.05, 4.69) is 154 Å². The highest BCUT2D eigenvalue weighted by atomic mass is 19.4. The van der Waals surface area contributed by atoms with Crippen molar-refractivity contribution >= 4 is 0 Å². The van der Waals surface area contributed by atoms with E-state index in [0.717, 1.165) is 97.3 Å². The van der Waals surface area contributed by atoms with Gasteiger partial charge in [0.2, 0.25) is 0 Å². The third-order valence-corrected chi connectivity index (χ3v) is 15.3. The van der Waals surface area contributed by atoms with Gasteiger partial charge in [0.1, 0.15) is 57.5 Å². The van der Waals surface area contributed by atoms with Gasteiger partial charge in [-0.25, -0.2) is 0 Å². The van der Waals surface area contributed by atoms with Gasteiger partial charge in [-0.2, -0.15) is 22.0 Å². The lowest BCUT2D eigenvalue weighted by molar-refractivity contribution is -0.0947. The van der Waals surface area contributed by atoms with Gasteiger partial charge in [0.05, 0.1) is 83.8 Å². The molecule has 0 fully saturated rings. The molecule has 604 valence electrons. The number of aryl methyl sites for hydroxylation is 10. The Morgan fingerprint density at radius 2 is 0.486 bits per heavy atom. The average Bonchev–Trinajstić information content (AvgIpc) is 0.808. The second-order valence-corrected chi connectivity index (χ2v) is 22.7. The van der Waals surface area contributed by atoms with Crippen LogP contribution in [0.3, 0.4) is 0 Å². The van der Waals surface area contributed by atoms with Crippen molar-refractivity contribution in [3.8, 4) is 90.9 Å². The molecule has 0 bridgehead atoms. The van der Waals surface area contributed by atoms with Gasteiger partial charge in [0.25, 0.3) is 6.08 Å². The van der Waals surface area contributed by atoms with Crippen molar-refractivity contribution in [3.05, 3.63) is 274 Å². The van der Waals surface area contributed by atoms with Crippen molar-refractivity contribution in [2.75, 3.05) is 78.3 Å². The third-order valence-electron chi connectivity index (χ3n) is 15.3. The van der Waals surface area contributed by atoms with E-state index in [1.807, 2.05) is 121 Å². The van der Waals surface area contributed by atoms with E-state index in [4.69, 9.17) is 47.4 Å². The minimum atomic E-state index is -4.89. The van der Waals surface area contributed by atoms with Crippen LogP contribution in [0.25, 0.3) is 33.4 Å². The van der Waals surface area contributed by atoms with Crippen LogP contribution in [0.4, 0.5) is 26.3 Å². The fraction of sp³-hybridized carbons (Fsp3) is 0.333. The van der Waals surface area contributed by atoms with Crippen molar-refractivity contribution in [3.63, 3.8) is 0 Å². The van der Waals surface area contributed by atoms with E-state index in [1.54, 1.807) is 71.1 Å². The fourth-order valence-electron chi connectivity index (χ4n) is 9.55. The summed E-state index contributed by atoms with van der Waals surface area (Å²) in [6, 6.07) is 69.1. The zero-order valence-corrected chi connectivity index (χ0v) is 63.2. The van der Waals surface area contributed by atoms with Crippen molar-refractivity contribution in [2.24, 2.45) is 0 Å². The van der Waals surface area contributed by atoms with Gasteiger partial charge >= 0.3 is 6.18 Å². The first-order chi connectivity index (χ1) is 48.6. The highest BCUT2D eigenvalue weighted by Crippen LogP contribution is 2.35. The maximum absolute atomic E-state index is 11.2. The lowest BCUT2D eigenvalue weighted by Gasteiger charge is -2.14. The van der Waals surface area contributed by atoms with Gasteiger partial charge in [-0.15, -0.1) is 0 Å². The van der Waals surface area contributed by atoms with Gasteiger partial charge in [-0.05, 0) is 269 Å². The van der Waals surface area contributed by atoms with E-state index >= 15 is 0 Å². The first-order valence-corrected chi connectivity index (χ1v) is 32.5. The Kier molecular flexibility index (Phi) is 58.8. The number of benzene rings is 10. The van der Waals surface area contributed by atoms with Gasteiger partial charge in [0, 0.05) is 0 Å². The van der Waals surface area contributed by atoms with Crippen LogP contribution >= 0.6 is 0 Å². The molecule has 10 aromatic rings. The molecule has 0 radical (unpaired) electrons. The van der Waals surface area contributed by atoms with E-state index in [-0.39, 0.29) is 52.0 Å². The summed E-state index contributed by atoms with van der Waals surface area (Å²) in [5.41, 5.74) is 17.5. The molecule has 0 aromatic heterocycles. The minimum Gasteiger partial charge on any atom is -0.497 e. The number of ether oxygens (including phenoxy) is 10. The summed E-state index contributed by atoms with van der Waals surface area (Å²) in [6.07, 6.45) is -6.48. The van der Waals surface area contributed by atoms with Crippen LogP contribution < -0.4 is 47.4 Å². The zero-order valence-electron chi connectivity index (χ0n) is 63.2. The predicted octanol–water partition coefficient (Wildman–Crippen LogP) is 28.0. The van der Waals surface area contributed by atoms with Gasteiger partial charge < -0.3 is 47.4 Å². The molecule has 10 rings (SSSR count). The molecule has 0 saturated carbocycles. The van der Waals surface area contributed by atoms with Crippen LogP contribution in [0.2, 0.25) is 0 Å². The highest BCUT2D eigenvalue weighted by Gasteiger charge is 2.33. The second kappa shape index (κ2) is 58.6. The Labute approximate surface area is 654 Å². The smallest absolute Gasteiger partial charge is 0.417 e. The Hall–Kier alpha value is -10.5. The second-order valence-electron chi connectivity index (χ2n) is 22.7. The molecule has 0 aliphatic heterocycles. The summed E-state index contributed by atoms with van der Waals surface area (Å²) < 4.78 is 117. The predicted molar refractivity (Wildman–Crippen MR) is 454 cm³/mol. The van der Waals surface area contributed by atoms with Crippen LogP contribution in [0.1, 0.15) is 121 Å². The van der Waals surface area contributed by atoms with E-state index in [9.17, 15) is 26.3 Å². The van der Waals surface area contributed by atoms with Gasteiger partial charge in [-0.3, -0.25) is 4.39 Å². The van der Waals surface area contributed by atoms with E-state index in [0.29, 0.717) is 14.1 Å². The summed E-state index contributed by atoms with van der Waals surface area (Å²) in [6.45, 7) is 21.2. The van der Waals surface area contributed by atoms with Crippen molar-refractivity contribution in [1.82, 2.24) is 0 Å². The van der Waals surface area contributed by atoms with Crippen LogP contribution in [-0.2, 0) is 6.42 Å². The third kappa shape index (κ3) is 38.8. The molecular formula is C93H130F6O10. The Morgan fingerprint density at radius 1 is 0.275 bits per heavy atom. The number of halogens is 6. The Bertz CT molecular complexity index is 3710. The number of rotatable bonds is 14. The van der Waals surface area contributed by atoms with Crippen molar-refractivity contribution in [1.29, 1.82) is 0 Å². The van der Waals surface area contributed by atoms with Gasteiger partial charge in [0.15, 0.2) is 0 Å². The summed E-state index contributed by atoms with van der Waals surface area (Å²) >= 11 is 0. The van der Waals surface area contributed by atoms with Crippen LogP contribution in [0, 0.1) is 62.3 Å². The first kappa shape index (κ1) is 109. The minimum absolute atomic E-state index is 0. The zero-order chi connectivity index (χ0) is 76.5. The molecule has 0 unspecified atom stereocenters. The molecule has 16 heteroatoms. The molecule has 10 aromatic carbocycles. The molecule has 0 amide bonds. The lowest BCUT2D eigenvalue weighted by atomic mass is 9.96. The lowest BCUT2D eigenvalue weighted by Crippen LogP contribution is -2.09. The fourth-order valence-corrected chi connectivity index (χ4v) is 9.55. The normalized spacial score (nSPS) is 9.17. The molecule has 0 atom stereocenters. The van der Waals surface area contributed by atoms with E-state index in [1.165, 1.54) is 55.6 Å². The van der Waals surface area contributed by atoms with E-state index < -0.39 is 17.8 Å². The number of hydrogen-bond donors (Lipinski definition) is 0. The molecule has 0 spiro atoms. The van der Waals surface area contributed by atoms with Crippen molar-refractivity contribution < 1.29 is 73.7 Å². The van der Waals surface area contributed by atoms with Crippen LogP contribution in [-0.4, -0.2) is 84.5 Å². The monoisotopic (exact) mass is 1520 g/mol. The Morgan fingerprint density at radius 3 is 0.679 bits per heavy atom. The summed E-state index contributed by atoms with van der Waals surface area (Å²) in [5, 5.41) is 0. The molecule has 0 aliphatic carbocycles. The Balaban J connectivity index is -0.000000280. The maximum Gasteiger partial charge on any atom is 0.417 e. The quantitative estimate of drug-likeness (QED) is 0.0980.